The first kappa shape index (κ1) is 22.4. The van der Waals surface area contributed by atoms with Gasteiger partial charge < -0.3 is 5.32 Å². The number of nitrogens with zero attached hydrogens (tertiary/aromatic N) is 1. The number of allylic oxidation sites excluding steroid dienone is 1. The van der Waals surface area contributed by atoms with E-state index in [2.05, 4.69) is 35.1 Å². The molecule has 1 aliphatic heterocycles. The van der Waals surface area contributed by atoms with E-state index in [4.69, 9.17) is 23.2 Å². The molecular weight excluding hydrogens is 499 g/mol. The third-order valence-electron chi connectivity index (χ3n) is 5.81. The number of benzene rings is 2. The van der Waals surface area contributed by atoms with Crippen LogP contribution in [0.1, 0.15) is 50.8 Å². The van der Waals surface area contributed by atoms with E-state index in [0.717, 1.165) is 16.9 Å². The highest BCUT2D eigenvalue weighted by atomic mass is 79.9. The van der Waals surface area contributed by atoms with Gasteiger partial charge in [0.05, 0.1) is 17.4 Å². The largest absolute Gasteiger partial charge is 0.357 e. The van der Waals surface area contributed by atoms with Gasteiger partial charge in [-0.2, -0.15) is 0 Å². The zero-order chi connectivity index (χ0) is 22.5. The van der Waals surface area contributed by atoms with E-state index in [1.807, 2.05) is 18.2 Å². The van der Waals surface area contributed by atoms with Crippen molar-refractivity contribution in [2.45, 2.75) is 45.0 Å². The van der Waals surface area contributed by atoms with E-state index in [0.29, 0.717) is 45.0 Å². The van der Waals surface area contributed by atoms with Crippen LogP contribution >= 0.6 is 39.1 Å². The van der Waals surface area contributed by atoms with Crippen LogP contribution in [0, 0.1) is 5.41 Å². The van der Waals surface area contributed by atoms with Gasteiger partial charge in [-0.15, -0.1) is 0 Å². The lowest BCUT2D eigenvalue weighted by Crippen LogP contribution is -2.38. The summed E-state index contributed by atoms with van der Waals surface area (Å²) < 4.78 is 0. The Hall–Kier alpha value is -1.82. The van der Waals surface area contributed by atoms with Crippen LogP contribution in [-0.2, 0) is 14.9 Å². The molecular formula is C24H23BrCl2N2O2. The van der Waals surface area contributed by atoms with Crippen molar-refractivity contribution in [3.8, 4) is 0 Å². The molecule has 0 fully saturated rings. The number of hydrogen-bond acceptors (Lipinski definition) is 3. The normalized spacial score (nSPS) is 20.0. The molecule has 4 rings (SSSR count). The zero-order valence-electron chi connectivity index (χ0n) is 17.6. The average Bonchev–Trinajstić information content (AvgIpc) is 2.80. The zero-order valence-corrected chi connectivity index (χ0v) is 20.7. The number of Topliss-reactive ketones (excluding diaryl/α,β-unsaturated/α-hetero) is 1. The molecule has 0 saturated heterocycles. The van der Waals surface area contributed by atoms with Crippen LogP contribution in [0.3, 0.4) is 0 Å². The number of nitrogens with one attached hydrogen (secondary N) is 1. The molecule has 4 nitrogen and oxygen atoms in total. The van der Waals surface area contributed by atoms with E-state index < -0.39 is 6.04 Å². The van der Waals surface area contributed by atoms with Crippen molar-refractivity contribution >= 4 is 62.2 Å². The van der Waals surface area contributed by atoms with Crippen molar-refractivity contribution in [3.05, 3.63) is 68.8 Å². The maximum absolute atomic E-state index is 13.5. The molecule has 0 saturated carbocycles. The summed E-state index contributed by atoms with van der Waals surface area (Å²) in [5.74, 6) is -0.147. The van der Waals surface area contributed by atoms with Crippen molar-refractivity contribution in [2.75, 3.05) is 10.2 Å². The lowest BCUT2D eigenvalue weighted by Gasteiger charge is -2.37. The van der Waals surface area contributed by atoms with Crippen LogP contribution in [-0.4, -0.2) is 11.7 Å². The summed E-state index contributed by atoms with van der Waals surface area (Å²) in [6.45, 7) is 5.69. The topological polar surface area (TPSA) is 49.4 Å². The predicted molar refractivity (Wildman–Crippen MR) is 130 cm³/mol. The van der Waals surface area contributed by atoms with Crippen molar-refractivity contribution in [1.29, 1.82) is 0 Å². The minimum atomic E-state index is -0.635. The van der Waals surface area contributed by atoms with Gasteiger partial charge in [-0.25, -0.2) is 0 Å². The Bertz CT molecular complexity index is 1130. The molecule has 2 aliphatic rings. The molecule has 1 N–H and O–H groups in total. The van der Waals surface area contributed by atoms with Crippen LogP contribution in [0.25, 0.3) is 0 Å². The van der Waals surface area contributed by atoms with Gasteiger partial charge in [0.1, 0.15) is 0 Å². The molecule has 7 heteroatoms. The summed E-state index contributed by atoms with van der Waals surface area (Å²) >= 11 is 16.3. The lowest BCUT2D eigenvalue weighted by atomic mass is 9.73. The number of hydrogen-bond donors (Lipinski definition) is 1. The Morgan fingerprint density at radius 2 is 1.94 bits per heavy atom. The van der Waals surface area contributed by atoms with E-state index in [1.54, 1.807) is 23.1 Å². The van der Waals surface area contributed by atoms with Gasteiger partial charge >= 0.3 is 0 Å². The molecule has 162 valence electrons. The summed E-state index contributed by atoms with van der Waals surface area (Å²) in [6, 6.07) is 10.5. The molecule has 0 aromatic heterocycles. The first-order chi connectivity index (χ1) is 14.6. The predicted octanol–water partition coefficient (Wildman–Crippen LogP) is 7.05. The van der Waals surface area contributed by atoms with E-state index >= 15 is 0 Å². The molecule has 2 aromatic carbocycles. The molecule has 0 radical (unpaired) electrons. The number of amides is 1. The Kier molecular flexibility index (Phi) is 5.97. The monoisotopic (exact) mass is 520 g/mol. The Morgan fingerprint density at radius 1 is 1.19 bits per heavy atom. The molecule has 1 amide bonds. The number of anilines is 2. The molecule has 1 atom stereocenters. The fraction of sp³-hybridized carbons (Fsp3) is 0.333. The quantitative estimate of drug-likeness (QED) is 0.430. The summed E-state index contributed by atoms with van der Waals surface area (Å²) in [5, 5.41) is 5.12. The molecule has 2 aromatic rings. The first-order valence-electron chi connectivity index (χ1n) is 10.1. The van der Waals surface area contributed by atoms with Crippen LogP contribution in [0.2, 0.25) is 10.0 Å². The summed E-state index contributed by atoms with van der Waals surface area (Å²) in [6.07, 6.45) is 1.10. The van der Waals surface area contributed by atoms with Gasteiger partial charge in [-0.05, 0) is 47.2 Å². The number of ketones is 1. The minimum absolute atomic E-state index is 0.0227. The van der Waals surface area contributed by atoms with Gasteiger partial charge in [0, 0.05) is 40.0 Å². The number of alkyl halides is 1. The fourth-order valence-corrected chi connectivity index (χ4v) is 5.40. The van der Waals surface area contributed by atoms with Crippen LogP contribution in [0.15, 0.2) is 47.7 Å². The van der Waals surface area contributed by atoms with Gasteiger partial charge in [0.2, 0.25) is 5.91 Å². The van der Waals surface area contributed by atoms with Crippen LogP contribution < -0.4 is 10.2 Å². The molecule has 31 heavy (non-hydrogen) atoms. The highest BCUT2D eigenvalue weighted by Crippen LogP contribution is 2.49. The first-order valence-corrected chi connectivity index (χ1v) is 12.0. The minimum Gasteiger partial charge on any atom is -0.357 e. The third-order valence-corrected chi connectivity index (χ3v) is 7.02. The molecule has 0 bridgehead atoms. The molecule has 1 aliphatic carbocycles. The van der Waals surface area contributed by atoms with Gasteiger partial charge in [-0.3, -0.25) is 14.5 Å². The smallest absolute Gasteiger partial charge is 0.224 e. The number of halogens is 3. The van der Waals surface area contributed by atoms with E-state index in [1.165, 1.54) is 6.92 Å². The molecule has 1 heterocycles. The maximum atomic E-state index is 13.5. The average molecular weight is 522 g/mol. The van der Waals surface area contributed by atoms with Crippen molar-refractivity contribution in [3.63, 3.8) is 0 Å². The Balaban J connectivity index is 2.04. The fourth-order valence-electron chi connectivity index (χ4n) is 4.54. The van der Waals surface area contributed by atoms with Crippen molar-refractivity contribution < 1.29 is 9.59 Å². The summed E-state index contributed by atoms with van der Waals surface area (Å²) in [5.41, 5.74) is 4.52. The maximum Gasteiger partial charge on any atom is 0.224 e. The van der Waals surface area contributed by atoms with Crippen LogP contribution in [0.4, 0.5) is 11.4 Å². The highest BCUT2D eigenvalue weighted by Gasteiger charge is 2.43. The lowest BCUT2D eigenvalue weighted by molar-refractivity contribution is -0.118. The molecule has 0 spiro atoms. The molecule has 1 unspecified atom stereocenters. The van der Waals surface area contributed by atoms with Crippen molar-refractivity contribution in [2.24, 2.45) is 5.41 Å². The second kappa shape index (κ2) is 8.27. The Labute approximate surface area is 200 Å². The standard InChI is InChI=1S/C24H23BrCl2N2O2/c1-13(30)29-20-7-4-14(12-25)8-18(20)28-19-10-24(2,3)11-21(31)22(19)23(29)16-6-5-15(26)9-17(16)27/h4-9,23,28H,10-12H2,1-3H3. The second-order valence-corrected chi connectivity index (χ2v) is 10.3. The van der Waals surface area contributed by atoms with Crippen molar-refractivity contribution in [1.82, 2.24) is 0 Å². The summed E-state index contributed by atoms with van der Waals surface area (Å²) in [4.78, 5) is 28.2. The summed E-state index contributed by atoms with van der Waals surface area (Å²) in [7, 11) is 0. The van der Waals surface area contributed by atoms with E-state index in [-0.39, 0.29) is 17.1 Å². The number of rotatable bonds is 2. The Morgan fingerprint density at radius 3 is 2.58 bits per heavy atom. The highest BCUT2D eigenvalue weighted by molar-refractivity contribution is 9.08. The van der Waals surface area contributed by atoms with Gasteiger partial charge in [-0.1, -0.05) is 65.1 Å². The number of fused-ring (bicyclic) bond motifs is 1. The number of carbonyl (C=O) groups excluding carboxylic acids is 2. The SMILES string of the molecule is CC(=O)N1c2ccc(CBr)cc2NC2=C(C(=O)CC(C)(C)C2)C1c1ccc(Cl)cc1Cl. The van der Waals surface area contributed by atoms with E-state index in [9.17, 15) is 9.59 Å². The van der Waals surface area contributed by atoms with Crippen LogP contribution in [0.5, 0.6) is 0 Å². The second-order valence-electron chi connectivity index (χ2n) is 8.90. The number of carbonyl (C=O) groups is 2. The third kappa shape index (κ3) is 4.15. The van der Waals surface area contributed by atoms with Gasteiger partial charge in [0.25, 0.3) is 0 Å². The van der Waals surface area contributed by atoms with Gasteiger partial charge in [0.15, 0.2) is 5.78 Å².